The maximum atomic E-state index is 10.3. The number of nitrogen functional groups attached to an aromatic ring is 1. The van der Waals surface area contributed by atoms with E-state index in [-0.39, 0.29) is 12.6 Å². The van der Waals surface area contributed by atoms with E-state index in [1.54, 1.807) is 6.92 Å². The molecule has 2 heterocycles. The molecule has 1 aromatic rings. The average molecular weight is 315 g/mol. The highest BCUT2D eigenvalue weighted by Crippen LogP contribution is 2.38. The molecule has 0 amide bonds. The first-order valence-electron chi connectivity index (χ1n) is 7.27. The highest BCUT2D eigenvalue weighted by atomic mass is 35.5. The molecule has 1 aromatic heterocycles. The number of aromatic nitrogens is 2. The molecule has 0 unspecified atom stereocenters. The molecule has 1 saturated heterocycles. The lowest BCUT2D eigenvalue weighted by molar-refractivity contribution is -0.0353. The summed E-state index contributed by atoms with van der Waals surface area (Å²) in [7, 11) is 0. The predicted octanol–water partition coefficient (Wildman–Crippen LogP) is 1.37. The Kier molecular flexibility index (Phi) is 4.91. The Morgan fingerprint density at radius 2 is 2.19 bits per heavy atom. The molecule has 0 bridgehead atoms. The van der Waals surface area contributed by atoms with E-state index in [1.807, 2.05) is 11.8 Å². The number of nitrogens with zero attached hydrogens (tertiary/aromatic N) is 3. The van der Waals surface area contributed by atoms with Gasteiger partial charge in [0.05, 0.1) is 18.4 Å². The number of anilines is 2. The summed E-state index contributed by atoms with van der Waals surface area (Å²) in [6.07, 6.45) is 1.69. The number of halogens is 1. The summed E-state index contributed by atoms with van der Waals surface area (Å²) in [6.45, 7) is 4.91. The fourth-order valence-corrected chi connectivity index (χ4v) is 3.29. The van der Waals surface area contributed by atoms with Crippen molar-refractivity contribution in [1.29, 1.82) is 0 Å². The largest absolute Gasteiger partial charge is 0.396 e. The molecule has 0 saturated carbocycles. The molecule has 1 fully saturated rings. The predicted molar refractivity (Wildman–Crippen MR) is 83.5 cm³/mol. The molecule has 0 spiro atoms. The van der Waals surface area contributed by atoms with Gasteiger partial charge in [-0.1, -0.05) is 24.9 Å². The Bertz CT molecular complexity index is 514. The molecule has 2 rings (SSSR count). The zero-order valence-electron chi connectivity index (χ0n) is 12.5. The highest BCUT2D eigenvalue weighted by molar-refractivity contribution is 6.33. The van der Waals surface area contributed by atoms with Crippen LogP contribution in [-0.4, -0.2) is 46.0 Å². The molecule has 0 aliphatic carbocycles. The molecule has 0 aromatic carbocycles. The van der Waals surface area contributed by atoms with E-state index in [4.69, 9.17) is 17.3 Å². The minimum atomic E-state index is -0.538. The summed E-state index contributed by atoms with van der Waals surface area (Å²) in [6, 6.07) is 0. The van der Waals surface area contributed by atoms with E-state index in [2.05, 4.69) is 9.97 Å². The summed E-state index contributed by atoms with van der Waals surface area (Å²) in [5.74, 6) is 0.769. The first kappa shape index (κ1) is 16.3. The lowest BCUT2D eigenvalue weighted by atomic mass is 9.74. The van der Waals surface area contributed by atoms with Gasteiger partial charge < -0.3 is 20.8 Å². The second kappa shape index (κ2) is 6.34. The Hall–Kier alpha value is -1.11. The van der Waals surface area contributed by atoms with Crippen molar-refractivity contribution in [1.82, 2.24) is 9.97 Å². The van der Waals surface area contributed by atoms with Gasteiger partial charge in [0.15, 0.2) is 5.82 Å². The molecular weight excluding hydrogens is 292 g/mol. The molecule has 7 heteroatoms. The van der Waals surface area contributed by atoms with E-state index in [9.17, 15) is 10.2 Å². The van der Waals surface area contributed by atoms with Crippen molar-refractivity contribution in [2.75, 3.05) is 30.3 Å². The molecule has 4 N–H and O–H groups in total. The van der Waals surface area contributed by atoms with Gasteiger partial charge in [-0.3, -0.25) is 0 Å². The quantitative estimate of drug-likeness (QED) is 0.777. The van der Waals surface area contributed by atoms with Crippen LogP contribution in [0.2, 0.25) is 5.02 Å². The van der Waals surface area contributed by atoms with Crippen molar-refractivity contribution in [3.8, 4) is 0 Å². The second-order valence-corrected chi connectivity index (χ2v) is 6.18. The van der Waals surface area contributed by atoms with Crippen LogP contribution < -0.4 is 10.6 Å². The number of hydrogen-bond acceptors (Lipinski definition) is 6. The maximum Gasteiger partial charge on any atom is 0.222 e. The average Bonchev–Trinajstić information content (AvgIpc) is 2.45. The molecule has 1 aliphatic rings. The number of aliphatic hydroxyl groups excluding tert-OH is 2. The number of aryl methyl sites for hydroxylation is 1. The standard InChI is InChI=1S/C14H23ClN4O2/c1-3-5-14(8-20)7-19(6-4-10(14)21)12-11(15)9(2)17-13(16)18-12/h10,20-21H,3-8H2,1-2H3,(H2,16,17,18)/t10-,14-/m0/s1. The third kappa shape index (κ3) is 3.07. The second-order valence-electron chi connectivity index (χ2n) is 5.80. The van der Waals surface area contributed by atoms with Gasteiger partial charge in [0.2, 0.25) is 5.95 Å². The minimum Gasteiger partial charge on any atom is -0.396 e. The van der Waals surface area contributed by atoms with Gasteiger partial charge in [0.1, 0.15) is 5.02 Å². The summed E-state index contributed by atoms with van der Waals surface area (Å²) in [5.41, 5.74) is 5.81. The van der Waals surface area contributed by atoms with Crippen molar-refractivity contribution >= 4 is 23.4 Å². The Morgan fingerprint density at radius 3 is 2.81 bits per heavy atom. The van der Waals surface area contributed by atoms with Crippen LogP contribution in [-0.2, 0) is 0 Å². The van der Waals surface area contributed by atoms with Gasteiger partial charge in [0.25, 0.3) is 0 Å². The van der Waals surface area contributed by atoms with Gasteiger partial charge in [-0.2, -0.15) is 4.98 Å². The zero-order valence-corrected chi connectivity index (χ0v) is 13.3. The Morgan fingerprint density at radius 1 is 1.48 bits per heavy atom. The fraction of sp³-hybridized carbons (Fsp3) is 0.714. The van der Waals surface area contributed by atoms with Crippen molar-refractivity contribution in [3.63, 3.8) is 0 Å². The van der Waals surface area contributed by atoms with E-state index in [0.717, 1.165) is 12.8 Å². The molecule has 21 heavy (non-hydrogen) atoms. The highest BCUT2D eigenvalue weighted by Gasteiger charge is 2.42. The van der Waals surface area contributed by atoms with E-state index >= 15 is 0 Å². The number of hydrogen-bond donors (Lipinski definition) is 3. The first-order valence-corrected chi connectivity index (χ1v) is 7.65. The van der Waals surface area contributed by atoms with Gasteiger partial charge in [-0.15, -0.1) is 0 Å². The monoisotopic (exact) mass is 314 g/mol. The third-order valence-electron chi connectivity index (χ3n) is 4.26. The maximum absolute atomic E-state index is 10.3. The van der Waals surface area contributed by atoms with Crippen molar-refractivity contribution in [3.05, 3.63) is 10.7 Å². The van der Waals surface area contributed by atoms with Crippen LogP contribution in [0.25, 0.3) is 0 Å². The SMILES string of the molecule is CCC[C@@]1(CO)CN(c2nc(N)nc(C)c2Cl)CC[C@@H]1O. The van der Waals surface area contributed by atoms with Crippen LogP contribution >= 0.6 is 11.6 Å². The van der Waals surface area contributed by atoms with Gasteiger partial charge in [0, 0.05) is 18.5 Å². The van der Waals surface area contributed by atoms with Crippen molar-refractivity contribution < 1.29 is 10.2 Å². The molecule has 118 valence electrons. The summed E-state index contributed by atoms with van der Waals surface area (Å²) in [4.78, 5) is 10.3. The van der Waals surface area contributed by atoms with Crippen molar-refractivity contribution in [2.24, 2.45) is 5.41 Å². The van der Waals surface area contributed by atoms with Crippen LogP contribution in [0.15, 0.2) is 0 Å². The molecule has 0 radical (unpaired) electrons. The summed E-state index contributed by atoms with van der Waals surface area (Å²) < 4.78 is 0. The molecular formula is C14H23ClN4O2. The number of rotatable bonds is 4. The molecule has 6 nitrogen and oxygen atoms in total. The summed E-state index contributed by atoms with van der Waals surface area (Å²) in [5, 5.41) is 20.6. The van der Waals surface area contributed by atoms with Crippen LogP contribution in [0.5, 0.6) is 0 Å². The topological polar surface area (TPSA) is 95.5 Å². The van der Waals surface area contributed by atoms with E-state index in [1.165, 1.54) is 0 Å². The van der Waals surface area contributed by atoms with Crippen molar-refractivity contribution in [2.45, 2.75) is 39.2 Å². The normalized spacial score (nSPS) is 26.1. The van der Waals surface area contributed by atoms with Gasteiger partial charge >= 0.3 is 0 Å². The first-order chi connectivity index (χ1) is 9.93. The van der Waals surface area contributed by atoms with Crippen LogP contribution in [0, 0.1) is 12.3 Å². The lowest BCUT2D eigenvalue weighted by Crippen LogP contribution is -2.54. The molecule has 2 atom stereocenters. The van der Waals surface area contributed by atoms with E-state index in [0.29, 0.717) is 36.0 Å². The minimum absolute atomic E-state index is 0.0598. The Balaban J connectivity index is 2.34. The third-order valence-corrected chi connectivity index (χ3v) is 4.71. The lowest BCUT2D eigenvalue weighted by Gasteiger charge is -2.46. The fourth-order valence-electron chi connectivity index (χ4n) is 3.08. The van der Waals surface area contributed by atoms with Gasteiger partial charge in [-0.25, -0.2) is 4.98 Å². The van der Waals surface area contributed by atoms with Gasteiger partial charge in [-0.05, 0) is 19.8 Å². The van der Waals surface area contributed by atoms with Crippen LogP contribution in [0.3, 0.4) is 0 Å². The smallest absolute Gasteiger partial charge is 0.222 e. The summed E-state index contributed by atoms with van der Waals surface area (Å²) >= 11 is 6.30. The Labute approximate surface area is 130 Å². The van der Waals surface area contributed by atoms with E-state index < -0.39 is 11.5 Å². The number of piperidine rings is 1. The molecule has 1 aliphatic heterocycles. The zero-order chi connectivity index (χ0) is 15.6. The number of aliphatic hydroxyl groups is 2. The van der Waals surface area contributed by atoms with Crippen LogP contribution in [0.4, 0.5) is 11.8 Å². The number of nitrogens with two attached hydrogens (primary N) is 1. The van der Waals surface area contributed by atoms with Crippen LogP contribution in [0.1, 0.15) is 31.9 Å².